The Kier molecular flexibility index (Phi) is 4.81. The molecule has 110 valence electrons. The molecule has 3 N–H and O–H groups in total. The van der Waals surface area contributed by atoms with Crippen molar-refractivity contribution < 1.29 is 4.79 Å². The van der Waals surface area contributed by atoms with Gasteiger partial charge in [0.1, 0.15) is 0 Å². The highest BCUT2D eigenvalue weighted by atomic mass is 16.2. The Morgan fingerprint density at radius 3 is 2.45 bits per heavy atom. The van der Waals surface area contributed by atoms with Crippen molar-refractivity contribution in [3.8, 4) is 0 Å². The molecule has 3 nitrogen and oxygen atoms in total. The van der Waals surface area contributed by atoms with E-state index >= 15 is 0 Å². The van der Waals surface area contributed by atoms with Gasteiger partial charge in [0.2, 0.25) is 5.91 Å². The average molecular weight is 274 g/mol. The first-order chi connectivity index (χ1) is 9.53. The van der Waals surface area contributed by atoms with Crippen LogP contribution >= 0.6 is 0 Å². The molecule has 1 saturated carbocycles. The molecule has 3 heteroatoms. The molecule has 1 fully saturated rings. The maximum absolute atomic E-state index is 12.5. The molecule has 1 aromatic carbocycles. The van der Waals surface area contributed by atoms with Crippen LogP contribution in [-0.4, -0.2) is 12.5 Å². The predicted molar refractivity (Wildman–Crippen MR) is 82.1 cm³/mol. The van der Waals surface area contributed by atoms with Crippen molar-refractivity contribution in [3.05, 3.63) is 35.9 Å². The Balaban J connectivity index is 1.88. The van der Waals surface area contributed by atoms with Gasteiger partial charge in [0.15, 0.2) is 0 Å². The minimum Gasteiger partial charge on any atom is -0.354 e. The summed E-state index contributed by atoms with van der Waals surface area (Å²) in [4.78, 5) is 12.5. The van der Waals surface area contributed by atoms with Crippen LogP contribution in [0.1, 0.15) is 51.1 Å². The maximum atomic E-state index is 12.5. The molecule has 1 unspecified atom stereocenters. The zero-order chi connectivity index (χ0) is 14.6. The first-order valence-electron chi connectivity index (χ1n) is 7.62. The van der Waals surface area contributed by atoms with Crippen LogP contribution < -0.4 is 11.1 Å². The topological polar surface area (TPSA) is 55.1 Å². The summed E-state index contributed by atoms with van der Waals surface area (Å²) in [5.41, 5.74) is 7.08. The molecular weight excluding hydrogens is 248 g/mol. The third-order valence-corrected chi connectivity index (χ3v) is 4.30. The van der Waals surface area contributed by atoms with Crippen LogP contribution in [0.3, 0.4) is 0 Å². The van der Waals surface area contributed by atoms with E-state index in [1.807, 2.05) is 30.3 Å². The molecule has 0 aromatic heterocycles. The van der Waals surface area contributed by atoms with E-state index in [1.165, 1.54) is 6.42 Å². The van der Waals surface area contributed by atoms with Crippen molar-refractivity contribution >= 4 is 5.91 Å². The zero-order valence-corrected chi connectivity index (χ0v) is 12.6. The second-order valence-electron chi connectivity index (χ2n) is 6.46. The fourth-order valence-corrected chi connectivity index (χ4v) is 3.12. The Morgan fingerprint density at radius 1 is 1.30 bits per heavy atom. The van der Waals surface area contributed by atoms with Crippen molar-refractivity contribution in [3.63, 3.8) is 0 Å². The van der Waals surface area contributed by atoms with Gasteiger partial charge in [-0.3, -0.25) is 4.79 Å². The van der Waals surface area contributed by atoms with Crippen LogP contribution in [0.5, 0.6) is 0 Å². The summed E-state index contributed by atoms with van der Waals surface area (Å²) in [5.74, 6) is 0.757. The van der Waals surface area contributed by atoms with Crippen molar-refractivity contribution in [1.82, 2.24) is 5.32 Å². The molecule has 0 saturated heterocycles. The molecule has 2 rings (SSSR count). The summed E-state index contributed by atoms with van der Waals surface area (Å²) in [6.45, 7) is 4.88. The lowest BCUT2D eigenvalue weighted by molar-refractivity contribution is -0.137. The molecular formula is C17H26N2O. The van der Waals surface area contributed by atoms with E-state index in [0.717, 1.165) is 24.8 Å². The molecule has 20 heavy (non-hydrogen) atoms. The Morgan fingerprint density at radius 2 is 1.95 bits per heavy atom. The van der Waals surface area contributed by atoms with Gasteiger partial charge in [-0.05, 0) is 30.7 Å². The number of hydrogen-bond acceptors (Lipinski definition) is 2. The number of carbonyl (C=O) groups excluding carboxylic acids is 1. The normalized spacial score (nSPS) is 18.4. The standard InChI is InChI=1S/C17H26N2O/c1-13(2)11-17(9-6-10-17)16(20)19-12-15(18)14-7-4-3-5-8-14/h3-5,7-8,13,15H,6,9-12,18H2,1-2H3,(H,19,20). The molecule has 1 amide bonds. The lowest BCUT2D eigenvalue weighted by Gasteiger charge is -2.41. The van der Waals surface area contributed by atoms with Crippen LogP contribution in [0, 0.1) is 11.3 Å². The van der Waals surface area contributed by atoms with Gasteiger partial charge in [-0.2, -0.15) is 0 Å². The van der Waals surface area contributed by atoms with E-state index in [9.17, 15) is 4.79 Å². The molecule has 0 bridgehead atoms. The first kappa shape index (κ1) is 15.0. The smallest absolute Gasteiger partial charge is 0.226 e. The number of rotatable bonds is 6. The second kappa shape index (κ2) is 6.40. The number of carbonyl (C=O) groups is 1. The highest BCUT2D eigenvalue weighted by molar-refractivity contribution is 5.83. The van der Waals surface area contributed by atoms with E-state index < -0.39 is 0 Å². The number of nitrogens with two attached hydrogens (primary N) is 1. The Bertz CT molecular complexity index is 438. The van der Waals surface area contributed by atoms with Crippen molar-refractivity contribution in [1.29, 1.82) is 0 Å². The second-order valence-corrected chi connectivity index (χ2v) is 6.46. The highest BCUT2D eigenvalue weighted by Crippen LogP contribution is 2.46. The number of benzene rings is 1. The SMILES string of the molecule is CC(C)CC1(C(=O)NCC(N)c2ccccc2)CCC1. The van der Waals surface area contributed by atoms with Crippen LogP contribution in [0.15, 0.2) is 30.3 Å². The van der Waals surface area contributed by atoms with Crippen LogP contribution in [-0.2, 0) is 4.79 Å². The minimum absolute atomic E-state index is 0.120. The lowest BCUT2D eigenvalue weighted by atomic mass is 9.64. The monoisotopic (exact) mass is 274 g/mol. The van der Waals surface area contributed by atoms with Gasteiger partial charge in [0.25, 0.3) is 0 Å². The summed E-state index contributed by atoms with van der Waals surface area (Å²) in [5, 5.41) is 3.07. The Labute approximate surface area is 121 Å². The van der Waals surface area contributed by atoms with E-state index in [-0.39, 0.29) is 17.4 Å². The zero-order valence-electron chi connectivity index (χ0n) is 12.6. The van der Waals surface area contributed by atoms with E-state index in [2.05, 4.69) is 19.2 Å². The van der Waals surface area contributed by atoms with Crippen LogP contribution in [0.25, 0.3) is 0 Å². The third kappa shape index (κ3) is 3.40. The van der Waals surface area contributed by atoms with Crippen LogP contribution in [0.2, 0.25) is 0 Å². The van der Waals surface area contributed by atoms with E-state index in [1.54, 1.807) is 0 Å². The fourth-order valence-electron chi connectivity index (χ4n) is 3.12. The van der Waals surface area contributed by atoms with Crippen LogP contribution in [0.4, 0.5) is 0 Å². The van der Waals surface area contributed by atoms with Gasteiger partial charge in [-0.25, -0.2) is 0 Å². The molecule has 1 atom stereocenters. The molecule has 1 aliphatic rings. The summed E-state index contributed by atoms with van der Waals surface area (Å²) >= 11 is 0. The fraction of sp³-hybridized carbons (Fsp3) is 0.588. The summed E-state index contributed by atoms with van der Waals surface area (Å²) in [6, 6.07) is 9.80. The minimum atomic E-state index is -0.128. The van der Waals surface area contributed by atoms with E-state index in [4.69, 9.17) is 5.73 Å². The van der Waals surface area contributed by atoms with Gasteiger partial charge >= 0.3 is 0 Å². The van der Waals surface area contributed by atoms with Gasteiger partial charge in [-0.1, -0.05) is 50.6 Å². The number of amides is 1. The first-order valence-corrected chi connectivity index (χ1v) is 7.62. The van der Waals surface area contributed by atoms with Gasteiger partial charge in [0.05, 0.1) is 0 Å². The molecule has 0 aliphatic heterocycles. The van der Waals surface area contributed by atoms with Gasteiger partial charge < -0.3 is 11.1 Å². The van der Waals surface area contributed by atoms with Crippen molar-refractivity contribution in [2.75, 3.05) is 6.54 Å². The lowest BCUT2D eigenvalue weighted by Crippen LogP contribution is -2.48. The Hall–Kier alpha value is -1.35. The van der Waals surface area contributed by atoms with Crippen molar-refractivity contribution in [2.24, 2.45) is 17.1 Å². The maximum Gasteiger partial charge on any atom is 0.226 e. The molecule has 1 aromatic rings. The summed E-state index contributed by atoms with van der Waals surface area (Å²) in [6.07, 6.45) is 4.21. The molecule has 0 spiro atoms. The van der Waals surface area contributed by atoms with Gasteiger partial charge in [0, 0.05) is 18.0 Å². The molecule has 1 aliphatic carbocycles. The van der Waals surface area contributed by atoms with E-state index in [0.29, 0.717) is 12.5 Å². The van der Waals surface area contributed by atoms with Crippen molar-refractivity contribution in [2.45, 2.75) is 45.6 Å². The third-order valence-electron chi connectivity index (χ3n) is 4.30. The quantitative estimate of drug-likeness (QED) is 0.837. The number of hydrogen-bond donors (Lipinski definition) is 2. The molecule has 0 radical (unpaired) electrons. The summed E-state index contributed by atoms with van der Waals surface area (Å²) in [7, 11) is 0. The summed E-state index contributed by atoms with van der Waals surface area (Å²) < 4.78 is 0. The predicted octanol–water partition coefficient (Wildman–Crippen LogP) is 3.02. The van der Waals surface area contributed by atoms with Gasteiger partial charge in [-0.15, -0.1) is 0 Å². The average Bonchev–Trinajstić information content (AvgIpc) is 2.40. The highest BCUT2D eigenvalue weighted by Gasteiger charge is 2.44. The molecule has 0 heterocycles. The number of nitrogens with one attached hydrogen (secondary N) is 1. The largest absolute Gasteiger partial charge is 0.354 e.